The number of likely N-dealkylation sites (N-methyl/N-ethyl adjacent to an activating group) is 1. The zero-order valence-electron chi connectivity index (χ0n) is 14.5. The van der Waals surface area contributed by atoms with Gasteiger partial charge >= 0.3 is 0 Å². The van der Waals surface area contributed by atoms with Crippen molar-refractivity contribution in [1.29, 1.82) is 0 Å². The second-order valence-electron chi connectivity index (χ2n) is 6.65. The fourth-order valence-corrected chi connectivity index (χ4v) is 3.27. The molecule has 1 rings (SSSR count). The van der Waals surface area contributed by atoms with Gasteiger partial charge in [-0.3, -0.25) is 14.6 Å². The number of nitrogens with one attached hydrogen (secondary N) is 1. The summed E-state index contributed by atoms with van der Waals surface area (Å²) in [6, 6.07) is 0.933. The largest absolute Gasteiger partial charge is 0.368 e. The van der Waals surface area contributed by atoms with Crippen LogP contribution in [0.3, 0.4) is 0 Å². The summed E-state index contributed by atoms with van der Waals surface area (Å²) in [7, 11) is 0. The van der Waals surface area contributed by atoms with Gasteiger partial charge in [0.05, 0.1) is 5.54 Å². The number of hydrogen-bond donors (Lipinski definition) is 2. The van der Waals surface area contributed by atoms with Gasteiger partial charge in [0.1, 0.15) is 0 Å². The Balaban J connectivity index is 2.61. The summed E-state index contributed by atoms with van der Waals surface area (Å²) in [4.78, 5) is 16.8. The Morgan fingerprint density at radius 2 is 2.10 bits per heavy atom. The highest BCUT2D eigenvalue weighted by atomic mass is 16.1. The first kappa shape index (κ1) is 18.4. The summed E-state index contributed by atoms with van der Waals surface area (Å²) < 4.78 is 0. The summed E-state index contributed by atoms with van der Waals surface area (Å²) in [5, 5.41) is 3.33. The molecule has 1 saturated heterocycles. The van der Waals surface area contributed by atoms with Crippen LogP contribution in [0.15, 0.2) is 0 Å². The van der Waals surface area contributed by atoms with Crippen LogP contribution in [-0.2, 0) is 4.79 Å². The first-order valence-electron chi connectivity index (χ1n) is 8.37. The topological polar surface area (TPSA) is 61.6 Å². The third-order valence-corrected chi connectivity index (χ3v) is 4.84. The van der Waals surface area contributed by atoms with Gasteiger partial charge in [-0.25, -0.2) is 0 Å². The van der Waals surface area contributed by atoms with Crippen LogP contribution >= 0.6 is 0 Å². The van der Waals surface area contributed by atoms with E-state index in [0.29, 0.717) is 12.1 Å². The highest BCUT2D eigenvalue weighted by Crippen LogP contribution is 2.19. The minimum atomic E-state index is -0.611. The van der Waals surface area contributed by atoms with Gasteiger partial charge in [0.15, 0.2) is 0 Å². The zero-order valence-corrected chi connectivity index (χ0v) is 14.5. The van der Waals surface area contributed by atoms with E-state index in [2.05, 4.69) is 42.8 Å². The molecular weight excluding hydrogens is 264 g/mol. The molecule has 0 spiro atoms. The summed E-state index contributed by atoms with van der Waals surface area (Å²) in [5.74, 6) is -0.247. The third kappa shape index (κ3) is 4.94. The molecule has 1 aliphatic heterocycles. The van der Waals surface area contributed by atoms with E-state index in [1.165, 1.54) is 0 Å². The summed E-state index contributed by atoms with van der Waals surface area (Å²) in [6.07, 6.45) is 1.77. The monoisotopic (exact) mass is 298 g/mol. The van der Waals surface area contributed by atoms with E-state index in [-0.39, 0.29) is 5.91 Å². The maximum Gasteiger partial charge on any atom is 0.237 e. The predicted molar refractivity (Wildman–Crippen MR) is 88.3 cm³/mol. The maximum absolute atomic E-state index is 11.8. The van der Waals surface area contributed by atoms with Crippen molar-refractivity contribution >= 4 is 5.91 Å². The Hall–Kier alpha value is -0.650. The second kappa shape index (κ2) is 8.11. The molecule has 21 heavy (non-hydrogen) atoms. The number of carbonyl (C=O) groups is 1. The SMILES string of the molecule is CCCNC(C)(CC(C)N1CCN(CC)C(C)C1)C(N)=O. The molecule has 124 valence electrons. The maximum atomic E-state index is 11.8. The van der Waals surface area contributed by atoms with Crippen molar-refractivity contribution in [1.82, 2.24) is 15.1 Å². The van der Waals surface area contributed by atoms with Crippen molar-refractivity contribution in [3.05, 3.63) is 0 Å². The average Bonchev–Trinajstić information content (AvgIpc) is 2.44. The summed E-state index contributed by atoms with van der Waals surface area (Å²) in [6.45, 7) is 15.9. The van der Waals surface area contributed by atoms with Crippen LogP contribution in [0.25, 0.3) is 0 Å². The van der Waals surface area contributed by atoms with Crippen LogP contribution in [0.2, 0.25) is 0 Å². The van der Waals surface area contributed by atoms with Crippen molar-refractivity contribution in [2.45, 2.75) is 65.1 Å². The fourth-order valence-electron chi connectivity index (χ4n) is 3.27. The molecule has 3 N–H and O–H groups in total. The Morgan fingerprint density at radius 1 is 1.43 bits per heavy atom. The van der Waals surface area contributed by atoms with Gasteiger partial charge in [-0.1, -0.05) is 13.8 Å². The van der Waals surface area contributed by atoms with Gasteiger partial charge in [-0.2, -0.15) is 0 Å². The Labute approximate surface area is 130 Å². The number of piperazine rings is 1. The Morgan fingerprint density at radius 3 is 2.57 bits per heavy atom. The second-order valence-corrected chi connectivity index (χ2v) is 6.65. The minimum absolute atomic E-state index is 0.247. The normalized spacial score (nSPS) is 25.5. The lowest BCUT2D eigenvalue weighted by atomic mass is 9.91. The summed E-state index contributed by atoms with van der Waals surface area (Å²) in [5.41, 5.74) is 5.02. The molecule has 1 heterocycles. The number of amides is 1. The molecule has 0 aromatic carbocycles. The van der Waals surface area contributed by atoms with Crippen LogP contribution in [0.5, 0.6) is 0 Å². The van der Waals surface area contributed by atoms with Gasteiger partial charge in [0.2, 0.25) is 5.91 Å². The molecular formula is C16H34N4O. The van der Waals surface area contributed by atoms with Gasteiger partial charge in [-0.15, -0.1) is 0 Å². The van der Waals surface area contributed by atoms with Crippen LogP contribution in [0, 0.1) is 0 Å². The molecule has 1 amide bonds. The van der Waals surface area contributed by atoms with Crippen molar-refractivity contribution < 1.29 is 4.79 Å². The van der Waals surface area contributed by atoms with E-state index in [0.717, 1.165) is 45.6 Å². The lowest BCUT2D eigenvalue weighted by Crippen LogP contribution is -2.59. The smallest absolute Gasteiger partial charge is 0.237 e. The van der Waals surface area contributed by atoms with E-state index >= 15 is 0 Å². The van der Waals surface area contributed by atoms with E-state index < -0.39 is 5.54 Å². The minimum Gasteiger partial charge on any atom is -0.368 e. The van der Waals surface area contributed by atoms with E-state index in [4.69, 9.17) is 5.73 Å². The van der Waals surface area contributed by atoms with Crippen LogP contribution in [-0.4, -0.2) is 66.1 Å². The van der Waals surface area contributed by atoms with E-state index in [9.17, 15) is 4.79 Å². The van der Waals surface area contributed by atoms with Gasteiger partial charge in [0.25, 0.3) is 0 Å². The predicted octanol–water partition coefficient (Wildman–Crippen LogP) is 1.03. The van der Waals surface area contributed by atoms with Gasteiger partial charge < -0.3 is 11.1 Å². The first-order valence-corrected chi connectivity index (χ1v) is 8.37. The van der Waals surface area contributed by atoms with Crippen LogP contribution in [0.1, 0.15) is 47.5 Å². The van der Waals surface area contributed by atoms with Gasteiger partial charge in [0, 0.05) is 31.7 Å². The Kier molecular flexibility index (Phi) is 7.10. The molecule has 1 fully saturated rings. The number of rotatable bonds is 8. The first-order chi connectivity index (χ1) is 9.84. The highest BCUT2D eigenvalue weighted by Gasteiger charge is 2.35. The van der Waals surface area contributed by atoms with Crippen LogP contribution < -0.4 is 11.1 Å². The van der Waals surface area contributed by atoms with E-state index in [1.54, 1.807) is 0 Å². The number of nitrogens with zero attached hydrogens (tertiary/aromatic N) is 2. The number of carbonyl (C=O) groups excluding carboxylic acids is 1. The molecule has 0 radical (unpaired) electrons. The highest BCUT2D eigenvalue weighted by molar-refractivity contribution is 5.84. The average molecular weight is 298 g/mol. The van der Waals surface area contributed by atoms with Crippen molar-refractivity contribution in [2.75, 3.05) is 32.7 Å². The fraction of sp³-hybridized carbons (Fsp3) is 0.938. The van der Waals surface area contributed by atoms with E-state index in [1.807, 2.05) is 6.92 Å². The molecule has 3 unspecified atom stereocenters. The molecule has 0 aromatic rings. The number of primary amides is 1. The number of nitrogens with two attached hydrogens (primary N) is 1. The van der Waals surface area contributed by atoms with Crippen molar-refractivity contribution in [3.63, 3.8) is 0 Å². The standard InChI is InChI=1S/C16H34N4O/c1-6-8-18-16(5,15(17)21)11-13(3)20-10-9-19(7-2)14(4)12-20/h13-14,18H,6-12H2,1-5H3,(H2,17,21). The molecule has 5 heteroatoms. The molecule has 0 aromatic heterocycles. The zero-order chi connectivity index (χ0) is 16.0. The quantitative estimate of drug-likeness (QED) is 0.703. The molecule has 3 atom stereocenters. The summed E-state index contributed by atoms with van der Waals surface area (Å²) >= 11 is 0. The Bertz CT molecular complexity index is 336. The van der Waals surface area contributed by atoms with Gasteiger partial charge in [-0.05, 0) is 46.7 Å². The van der Waals surface area contributed by atoms with Crippen LogP contribution in [0.4, 0.5) is 0 Å². The number of hydrogen-bond acceptors (Lipinski definition) is 4. The molecule has 0 bridgehead atoms. The molecule has 5 nitrogen and oxygen atoms in total. The molecule has 1 aliphatic rings. The molecule has 0 aliphatic carbocycles. The van der Waals surface area contributed by atoms with Crippen molar-refractivity contribution in [2.24, 2.45) is 5.73 Å². The lowest BCUT2D eigenvalue weighted by Gasteiger charge is -2.43. The van der Waals surface area contributed by atoms with Crippen molar-refractivity contribution in [3.8, 4) is 0 Å². The lowest BCUT2D eigenvalue weighted by molar-refractivity contribution is -0.124. The third-order valence-electron chi connectivity index (χ3n) is 4.84. The molecule has 0 saturated carbocycles.